The van der Waals surface area contributed by atoms with Crippen LogP contribution in [0.25, 0.3) is 0 Å². The summed E-state index contributed by atoms with van der Waals surface area (Å²) in [5, 5.41) is 12.2. The lowest BCUT2D eigenvalue weighted by atomic mass is 10.1. The van der Waals surface area contributed by atoms with Gasteiger partial charge in [0.05, 0.1) is 5.56 Å². The van der Waals surface area contributed by atoms with E-state index in [1.807, 2.05) is 18.2 Å². The van der Waals surface area contributed by atoms with Crippen LogP contribution in [0.2, 0.25) is 0 Å². The molecule has 1 aliphatic rings. The first-order valence-corrected chi connectivity index (χ1v) is 8.33. The Balaban J connectivity index is 1.74. The van der Waals surface area contributed by atoms with Crippen molar-refractivity contribution in [3.63, 3.8) is 0 Å². The number of carbonyl (C=O) groups is 2. The first-order valence-electron chi connectivity index (χ1n) is 8.33. The number of carbonyl (C=O) groups excluding carboxylic acids is 1. The van der Waals surface area contributed by atoms with Gasteiger partial charge in [-0.2, -0.15) is 0 Å². The van der Waals surface area contributed by atoms with Crippen molar-refractivity contribution in [2.45, 2.75) is 32.0 Å². The van der Waals surface area contributed by atoms with Crippen molar-refractivity contribution < 1.29 is 14.7 Å². The third-order valence-corrected chi connectivity index (χ3v) is 4.30. The van der Waals surface area contributed by atoms with E-state index in [9.17, 15) is 9.59 Å². The minimum absolute atomic E-state index is 0.0988. The highest BCUT2D eigenvalue weighted by molar-refractivity contribution is 5.87. The van der Waals surface area contributed by atoms with E-state index in [-0.39, 0.29) is 17.5 Å². The van der Waals surface area contributed by atoms with Crippen molar-refractivity contribution in [3.8, 4) is 0 Å². The molecule has 6 heteroatoms. The van der Waals surface area contributed by atoms with Crippen molar-refractivity contribution in [2.75, 3.05) is 6.54 Å². The molecule has 2 N–H and O–H groups in total. The normalized spacial score (nSPS) is 16.8. The molecular weight excluding hydrogens is 318 g/mol. The molecule has 2 heterocycles. The van der Waals surface area contributed by atoms with Gasteiger partial charge in [-0.25, -0.2) is 4.79 Å². The van der Waals surface area contributed by atoms with E-state index >= 15 is 0 Å². The number of rotatable bonds is 7. The number of amides is 1. The van der Waals surface area contributed by atoms with Gasteiger partial charge in [0.2, 0.25) is 5.91 Å². The second-order valence-corrected chi connectivity index (χ2v) is 6.33. The van der Waals surface area contributed by atoms with Gasteiger partial charge in [-0.1, -0.05) is 12.1 Å². The molecule has 0 spiro atoms. The van der Waals surface area contributed by atoms with Crippen LogP contribution in [0.1, 0.15) is 34.3 Å². The second-order valence-electron chi connectivity index (χ2n) is 6.33. The van der Waals surface area contributed by atoms with Crippen LogP contribution in [0.4, 0.5) is 0 Å². The van der Waals surface area contributed by atoms with Gasteiger partial charge in [-0.05, 0) is 41.8 Å². The van der Waals surface area contributed by atoms with Gasteiger partial charge >= 0.3 is 5.97 Å². The Kier molecular flexibility index (Phi) is 5.40. The van der Waals surface area contributed by atoms with Crippen LogP contribution in [0, 0.1) is 0 Å². The standard InChI is InChI=1S/C19H21N3O3/c23-18-5-4-17(21-18)13-22(11-14-6-8-20-9-7-14)12-15-2-1-3-16(10-15)19(24)25/h1-3,6-10,17H,4-5,11-13H2,(H,21,23)(H,24,25)/t17-/m0/s1. The van der Waals surface area contributed by atoms with Gasteiger partial charge in [-0.3, -0.25) is 14.7 Å². The number of pyridine rings is 1. The zero-order chi connectivity index (χ0) is 17.6. The summed E-state index contributed by atoms with van der Waals surface area (Å²) in [5.74, 6) is -0.827. The molecule has 1 aromatic heterocycles. The van der Waals surface area contributed by atoms with Gasteiger partial charge in [0.15, 0.2) is 0 Å². The van der Waals surface area contributed by atoms with E-state index in [4.69, 9.17) is 5.11 Å². The molecule has 0 unspecified atom stereocenters. The number of nitrogens with zero attached hydrogens (tertiary/aromatic N) is 2. The van der Waals surface area contributed by atoms with E-state index < -0.39 is 5.97 Å². The van der Waals surface area contributed by atoms with Gasteiger partial charge < -0.3 is 10.4 Å². The maximum absolute atomic E-state index is 11.5. The average molecular weight is 339 g/mol. The molecule has 1 aliphatic heterocycles. The fraction of sp³-hybridized carbons (Fsp3) is 0.316. The molecule has 2 aromatic rings. The predicted octanol–water partition coefficient (Wildman–Crippen LogP) is 2.06. The van der Waals surface area contributed by atoms with Gasteiger partial charge in [0.25, 0.3) is 0 Å². The highest BCUT2D eigenvalue weighted by Crippen LogP contribution is 2.15. The van der Waals surface area contributed by atoms with Gasteiger partial charge in [0.1, 0.15) is 0 Å². The number of carboxylic acid groups (broad SMARTS) is 1. The van der Waals surface area contributed by atoms with Crippen LogP contribution < -0.4 is 5.32 Å². The number of aromatic carboxylic acids is 1. The molecule has 25 heavy (non-hydrogen) atoms. The maximum Gasteiger partial charge on any atom is 0.335 e. The molecule has 1 amide bonds. The van der Waals surface area contributed by atoms with Crippen LogP contribution >= 0.6 is 0 Å². The lowest BCUT2D eigenvalue weighted by Crippen LogP contribution is -2.38. The molecule has 3 rings (SSSR count). The van der Waals surface area contributed by atoms with Crippen LogP contribution in [-0.4, -0.2) is 39.5 Å². The van der Waals surface area contributed by atoms with Gasteiger partial charge in [-0.15, -0.1) is 0 Å². The Bertz CT molecular complexity index is 749. The molecule has 0 aliphatic carbocycles. The average Bonchev–Trinajstić information content (AvgIpc) is 3.01. The monoisotopic (exact) mass is 339 g/mol. The van der Waals surface area contributed by atoms with Gasteiger partial charge in [0, 0.05) is 44.5 Å². The number of aromatic nitrogens is 1. The van der Waals surface area contributed by atoms with Crippen LogP contribution in [0.3, 0.4) is 0 Å². The number of hydrogen-bond donors (Lipinski definition) is 2. The molecule has 1 atom stereocenters. The number of carboxylic acids is 1. The minimum atomic E-state index is -0.925. The highest BCUT2D eigenvalue weighted by Gasteiger charge is 2.23. The summed E-state index contributed by atoms with van der Waals surface area (Å²) < 4.78 is 0. The van der Waals surface area contributed by atoms with Crippen LogP contribution in [-0.2, 0) is 17.9 Å². The summed E-state index contributed by atoms with van der Waals surface area (Å²) in [4.78, 5) is 28.9. The zero-order valence-electron chi connectivity index (χ0n) is 13.9. The number of benzene rings is 1. The van der Waals surface area contributed by atoms with Crippen LogP contribution in [0.15, 0.2) is 48.8 Å². The van der Waals surface area contributed by atoms with E-state index in [1.54, 1.807) is 30.6 Å². The number of nitrogens with one attached hydrogen (secondary N) is 1. The SMILES string of the molecule is O=C1CC[C@@H](CN(Cc2ccncc2)Cc2cccc(C(=O)O)c2)N1. The molecular formula is C19H21N3O3. The largest absolute Gasteiger partial charge is 0.478 e. The van der Waals surface area contributed by atoms with Crippen molar-refractivity contribution in [2.24, 2.45) is 0 Å². The molecule has 0 radical (unpaired) electrons. The maximum atomic E-state index is 11.5. The molecule has 1 aromatic carbocycles. The molecule has 6 nitrogen and oxygen atoms in total. The van der Waals surface area contributed by atoms with Crippen molar-refractivity contribution >= 4 is 11.9 Å². The molecule has 0 saturated carbocycles. The predicted molar refractivity (Wildman–Crippen MR) is 92.9 cm³/mol. The quantitative estimate of drug-likeness (QED) is 0.807. The van der Waals surface area contributed by atoms with Crippen molar-refractivity contribution in [3.05, 3.63) is 65.5 Å². The summed E-state index contributed by atoms with van der Waals surface area (Å²) >= 11 is 0. The minimum Gasteiger partial charge on any atom is -0.478 e. The third kappa shape index (κ3) is 4.87. The Morgan fingerprint density at radius 1 is 1.20 bits per heavy atom. The summed E-state index contributed by atoms with van der Waals surface area (Å²) in [6, 6.07) is 11.1. The second kappa shape index (κ2) is 7.90. The Morgan fingerprint density at radius 3 is 2.64 bits per heavy atom. The van der Waals surface area contributed by atoms with Crippen molar-refractivity contribution in [1.29, 1.82) is 0 Å². The van der Waals surface area contributed by atoms with E-state index in [1.165, 1.54) is 0 Å². The zero-order valence-corrected chi connectivity index (χ0v) is 13.9. The first-order chi connectivity index (χ1) is 12.1. The summed E-state index contributed by atoms with van der Waals surface area (Å²) in [6.45, 7) is 2.06. The lowest BCUT2D eigenvalue weighted by Gasteiger charge is -2.26. The molecule has 1 saturated heterocycles. The summed E-state index contributed by atoms with van der Waals surface area (Å²) in [5.41, 5.74) is 2.36. The molecule has 130 valence electrons. The third-order valence-electron chi connectivity index (χ3n) is 4.30. The molecule has 1 fully saturated rings. The first kappa shape index (κ1) is 17.1. The Hall–Kier alpha value is -2.73. The Labute approximate surface area is 146 Å². The summed E-state index contributed by atoms with van der Waals surface area (Å²) in [6.07, 6.45) is 4.93. The molecule has 0 bridgehead atoms. The number of hydrogen-bond acceptors (Lipinski definition) is 4. The topological polar surface area (TPSA) is 82.5 Å². The fourth-order valence-corrected chi connectivity index (χ4v) is 3.12. The van der Waals surface area contributed by atoms with Crippen LogP contribution in [0.5, 0.6) is 0 Å². The smallest absolute Gasteiger partial charge is 0.335 e. The van der Waals surface area contributed by atoms with E-state index in [2.05, 4.69) is 15.2 Å². The lowest BCUT2D eigenvalue weighted by molar-refractivity contribution is -0.119. The highest BCUT2D eigenvalue weighted by atomic mass is 16.4. The fourth-order valence-electron chi connectivity index (χ4n) is 3.12. The summed E-state index contributed by atoms with van der Waals surface area (Å²) in [7, 11) is 0. The van der Waals surface area contributed by atoms with E-state index in [0.29, 0.717) is 19.5 Å². The van der Waals surface area contributed by atoms with Crippen molar-refractivity contribution in [1.82, 2.24) is 15.2 Å². The van der Waals surface area contributed by atoms with E-state index in [0.717, 1.165) is 24.1 Å². The Morgan fingerprint density at radius 2 is 1.96 bits per heavy atom.